The lowest BCUT2D eigenvalue weighted by Crippen LogP contribution is -2.12. The number of pyridine rings is 1. The van der Waals surface area contributed by atoms with Crippen molar-refractivity contribution < 1.29 is 13.9 Å². The molecule has 24 heavy (non-hydrogen) atoms. The van der Waals surface area contributed by atoms with Gasteiger partial charge in [0.05, 0.1) is 18.4 Å². The molecule has 3 rings (SSSR count). The van der Waals surface area contributed by atoms with Crippen molar-refractivity contribution in [2.24, 2.45) is 0 Å². The van der Waals surface area contributed by atoms with Crippen molar-refractivity contribution in [2.45, 2.75) is 6.92 Å². The summed E-state index contributed by atoms with van der Waals surface area (Å²) in [6, 6.07) is 9.34. The molecule has 2 aromatic heterocycles. The Morgan fingerprint density at radius 1 is 1.21 bits per heavy atom. The van der Waals surface area contributed by atoms with Gasteiger partial charge in [-0.1, -0.05) is 0 Å². The molecule has 0 aliphatic rings. The summed E-state index contributed by atoms with van der Waals surface area (Å²) in [4.78, 5) is 21.6. The number of nitrogens with one attached hydrogen (secondary N) is 1. The minimum Gasteiger partial charge on any atom is -0.481 e. The zero-order chi connectivity index (χ0) is 17.1. The number of anilines is 1. The van der Waals surface area contributed by atoms with Crippen LogP contribution in [0.4, 0.5) is 9.52 Å². The average molecular weight is 343 g/mol. The Labute approximate surface area is 142 Å². The third-order valence-electron chi connectivity index (χ3n) is 3.34. The largest absolute Gasteiger partial charge is 0.481 e. The smallest absolute Gasteiger partial charge is 0.259 e. The molecule has 0 aliphatic carbocycles. The summed E-state index contributed by atoms with van der Waals surface area (Å²) in [5.74, 6) is -0.160. The highest BCUT2D eigenvalue weighted by Gasteiger charge is 2.13. The highest BCUT2D eigenvalue weighted by Crippen LogP contribution is 2.30. The zero-order valence-electron chi connectivity index (χ0n) is 13.0. The molecule has 5 nitrogen and oxygen atoms in total. The fraction of sp³-hybridized carbons (Fsp3) is 0.118. The van der Waals surface area contributed by atoms with Crippen molar-refractivity contribution >= 4 is 22.4 Å². The Balaban J connectivity index is 1.79. The summed E-state index contributed by atoms with van der Waals surface area (Å²) in [6.45, 7) is 1.90. The van der Waals surface area contributed by atoms with Gasteiger partial charge >= 0.3 is 0 Å². The molecule has 0 saturated carbocycles. The van der Waals surface area contributed by atoms with Crippen LogP contribution in [0.1, 0.15) is 15.2 Å². The number of carbonyl (C=O) groups excluding carboxylic acids is 1. The van der Waals surface area contributed by atoms with Crippen LogP contribution >= 0.6 is 11.3 Å². The van der Waals surface area contributed by atoms with Gasteiger partial charge in [-0.3, -0.25) is 10.1 Å². The van der Waals surface area contributed by atoms with Crippen molar-refractivity contribution in [3.8, 4) is 17.1 Å². The van der Waals surface area contributed by atoms with Gasteiger partial charge in [0.25, 0.3) is 5.91 Å². The fourth-order valence-corrected chi connectivity index (χ4v) is 2.96. The minimum absolute atomic E-state index is 0.299. The molecule has 0 spiro atoms. The predicted molar refractivity (Wildman–Crippen MR) is 91.0 cm³/mol. The highest BCUT2D eigenvalue weighted by molar-refractivity contribution is 7.16. The molecule has 3 aromatic rings. The van der Waals surface area contributed by atoms with Crippen LogP contribution in [-0.4, -0.2) is 23.0 Å². The summed E-state index contributed by atoms with van der Waals surface area (Å²) in [7, 11) is 1.51. The molecule has 2 heterocycles. The topological polar surface area (TPSA) is 64.1 Å². The van der Waals surface area contributed by atoms with Crippen molar-refractivity contribution in [2.75, 3.05) is 12.4 Å². The maximum Gasteiger partial charge on any atom is 0.259 e. The molecule has 7 heteroatoms. The van der Waals surface area contributed by atoms with Gasteiger partial charge in [0.15, 0.2) is 5.13 Å². The number of ether oxygens (including phenoxy) is 1. The molecule has 1 aromatic carbocycles. The van der Waals surface area contributed by atoms with Crippen LogP contribution in [-0.2, 0) is 0 Å². The molecule has 0 unspecified atom stereocenters. The van der Waals surface area contributed by atoms with Crippen molar-refractivity contribution in [3.05, 3.63) is 58.9 Å². The summed E-state index contributed by atoms with van der Waals surface area (Å²) in [6.07, 6.45) is 1.44. The molecule has 0 radical (unpaired) electrons. The SMILES string of the molecule is COc1ccc(C(=O)Nc2nc(-c3ccc(F)cc3)c(C)s2)cn1. The van der Waals surface area contributed by atoms with E-state index in [1.165, 1.54) is 36.8 Å². The lowest BCUT2D eigenvalue weighted by Gasteiger charge is -2.02. The van der Waals surface area contributed by atoms with Crippen molar-refractivity contribution in [1.29, 1.82) is 0 Å². The quantitative estimate of drug-likeness (QED) is 0.780. The highest BCUT2D eigenvalue weighted by atomic mass is 32.1. The molecule has 0 fully saturated rings. The number of aryl methyl sites for hydroxylation is 1. The number of carbonyl (C=O) groups is 1. The maximum atomic E-state index is 13.0. The van der Waals surface area contributed by atoms with Crippen molar-refractivity contribution in [3.63, 3.8) is 0 Å². The first-order valence-corrected chi connectivity index (χ1v) is 7.93. The monoisotopic (exact) mass is 343 g/mol. The van der Waals surface area contributed by atoms with Crippen LogP contribution in [0.5, 0.6) is 5.88 Å². The summed E-state index contributed by atoms with van der Waals surface area (Å²) >= 11 is 1.36. The van der Waals surface area contributed by atoms with Crippen molar-refractivity contribution in [1.82, 2.24) is 9.97 Å². The zero-order valence-corrected chi connectivity index (χ0v) is 13.9. The van der Waals surface area contributed by atoms with E-state index < -0.39 is 0 Å². The Morgan fingerprint density at radius 2 is 1.96 bits per heavy atom. The number of benzene rings is 1. The molecule has 1 N–H and O–H groups in total. The number of rotatable bonds is 4. The lowest BCUT2D eigenvalue weighted by molar-refractivity contribution is 0.102. The molecule has 0 aliphatic heterocycles. The molecule has 122 valence electrons. The molecule has 1 amide bonds. The lowest BCUT2D eigenvalue weighted by atomic mass is 10.1. The number of amides is 1. The van der Waals surface area contributed by atoms with Gasteiger partial charge in [-0.15, -0.1) is 11.3 Å². The van der Waals surface area contributed by atoms with E-state index in [9.17, 15) is 9.18 Å². The minimum atomic E-state index is -0.301. The van der Waals surface area contributed by atoms with E-state index in [1.807, 2.05) is 6.92 Å². The number of halogens is 1. The van der Waals surface area contributed by atoms with Crippen LogP contribution in [0, 0.1) is 12.7 Å². The predicted octanol–water partition coefficient (Wildman–Crippen LogP) is 3.91. The third kappa shape index (κ3) is 3.41. The summed E-state index contributed by atoms with van der Waals surface area (Å²) in [5, 5.41) is 3.23. The average Bonchev–Trinajstić information content (AvgIpc) is 2.96. The molecule has 0 saturated heterocycles. The second-order valence-electron chi connectivity index (χ2n) is 4.97. The van der Waals surface area contributed by atoms with Gasteiger partial charge in [0.1, 0.15) is 5.82 Å². The van der Waals surface area contributed by atoms with Gasteiger partial charge < -0.3 is 4.74 Å². The van der Waals surface area contributed by atoms with Crippen LogP contribution < -0.4 is 10.1 Å². The van der Waals surface area contributed by atoms with Gasteiger partial charge in [-0.2, -0.15) is 0 Å². The van der Waals surface area contributed by atoms with Crippen LogP contribution in [0.25, 0.3) is 11.3 Å². The molecule has 0 bridgehead atoms. The number of nitrogens with zero attached hydrogens (tertiary/aromatic N) is 2. The van der Waals surface area contributed by atoms with E-state index in [0.29, 0.717) is 16.6 Å². The van der Waals surface area contributed by atoms with Gasteiger partial charge in [-0.05, 0) is 37.3 Å². The Kier molecular flexibility index (Phi) is 4.52. The third-order valence-corrected chi connectivity index (χ3v) is 4.23. The van der Waals surface area contributed by atoms with Crippen LogP contribution in [0.2, 0.25) is 0 Å². The summed E-state index contributed by atoms with van der Waals surface area (Å²) in [5.41, 5.74) is 1.94. The van der Waals surface area contributed by atoms with E-state index in [-0.39, 0.29) is 11.7 Å². The first-order chi connectivity index (χ1) is 11.6. The first-order valence-electron chi connectivity index (χ1n) is 7.11. The summed E-state index contributed by atoms with van der Waals surface area (Å²) < 4.78 is 18.0. The molecule has 0 atom stereocenters. The van der Waals surface area contributed by atoms with Gasteiger partial charge in [-0.25, -0.2) is 14.4 Å². The number of methoxy groups -OCH3 is 1. The number of aromatic nitrogens is 2. The maximum absolute atomic E-state index is 13.0. The van der Waals surface area contributed by atoms with E-state index in [0.717, 1.165) is 16.1 Å². The van der Waals surface area contributed by atoms with E-state index in [4.69, 9.17) is 4.74 Å². The van der Waals surface area contributed by atoms with Crippen LogP contribution in [0.3, 0.4) is 0 Å². The molecular formula is C17H14FN3O2S. The second kappa shape index (κ2) is 6.76. The number of hydrogen-bond acceptors (Lipinski definition) is 5. The number of hydrogen-bond donors (Lipinski definition) is 1. The van der Waals surface area contributed by atoms with Gasteiger partial charge in [0.2, 0.25) is 5.88 Å². The van der Waals surface area contributed by atoms with Crippen LogP contribution in [0.15, 0.2) is 42.6 Å². The normalized spacial score (nSPS) is 10.5. The van der Waals surface area contributed by atoms with Gasteiger partial charge in [0, 0.05) is 22.7 Å². The fourth-order valence-electron chi connectivity index (χ4n) is 2.13. The van der Waals surface area contributed by atoms with E-state index in [2.05, 4.69) is 15.3 Å². The first kappa shape index (κ1) is 16.1. The number of thiazole rings is 1. The Hall–Kier alpha value is -2.80. The Morgan fingerprint density at radius 3 is 2.58 bits per heavy atom. The van der Waals surface area contributed by atoms with E-state index in [1.54, 1.807) is 24.3 Å². The Bertz CT molecular complexity index is 861. The molecular weight excluding hydrogens is 329 g/mol. The standard InChI is InChI=1S/C17H14FN3O2S/c1-10-15(11-3-6-13(18)7-4-11)20-17(24-10)21-16(22)12-5-8-14(23-2)19-9-12/h3-9H,1-2H3,(H,20,21,22). The second-order valence-corrected chi connectivity index (χ2v) is 6.18. The van der Waals surface area contributed by atoms with E-state index >= 15 is 0 Å².